The van der Waals surface area contributed by atoms with Gasteiger partial charge in [0.15, 0.2) is 0 Å². The Morgan fingerprint density at radius 3 is 2.71 bits per heavy atom. The second-order valence-corrected chi connectivity index (χ2v) is 4.95. The summed E-state index contributed by atoms with van der Waals surface area (Å²) < 4.78 is 5.67. The van der Waals surface area contributed by atoms with Gasteiger partial charge in [-0.1, -0.05) is 31.0 Å². The predicted octanol–water partition coefficient (Wildman–Crippen LogP) is 3.32. The molecular formula is C14H19ClO2. The third-order valence-corrected chi connectivity index (χ3v) is 3.68. The molecule has 3 heteroatoms. The van der Waals surface area contributed by atoms with E-state index < -0.39 is 6.10 Å². The second kappa shape index (κ2) is 6.27. The number of alkyl halides is 1. The Labute approximate surface area is 108 Å². The van der Waals surface area contributed by atoms with Crippen LogP contribution in [0, 0.1) is 0 Å². The van der Waals surface area contributed by atoms with Crippen molar-refractivity contribution in [3.8, 4) is 5.75 Å². The Bertz CT molecular complexity index is 348. The average Bonchev–Trinajstić information content (AvgIpc) is 2.90. The van der Waals surface area contributed by atoms with Gasteiger partial charge < -0.3 is 9.84 Å². The summed E-state index contributed by atoms with van der Waals surface area (Å²) >= 11 is 5.56. The fraction of sp³-hybridized carbons (Fsp3) is 0.571. The Morgan fingerprint density at radius 1 is 1.29 bits per heavy atom. The first-order chi connectivity index (χ1) is 8.31. The van der Waals surface area contributed by atoms with Gasteiger partial charge in [-0.15, -0.1) is 11.6 Å². The summed E-state index contributed by atoms with van der Waals surface area (Å²) in [5.74, 6) is 1.74. The number of ether oxygens (including phenoxy) is 1. The van der Waals surface area contributed by atoms with Crippen LogP contribution in [-0.4, -0.2) is 23.7 Å². The zero-order valence-corrected chi connectivity index (χ0v) is 10.7. The van der Waals surface area contributed by atoms with Crippen LogP contribution in [0.3, 0.4) is 0 Å². The van der Waals surface area contributed by atoms with Gasteiger partial charge in [-0.2, -0.15) is 0 Å². The van der Waals surface area contributed by atoms with Crippen LogP contribution in [0.4, 0.5) is 0 Å². The van der Waals surface area contributed by atoms with Crippen LogP contribution in [0.15, 0.2) is 24.3 Å². The van der Waals surface area contributed by atoms with Gasteiger partial charge in [0, 0.05) is 0 Å². The molecule has 1 aromatic rings. The molecule has 2 rings (SSSR count). The van der Waals surface area contributed by atoms with Crippen LogP contribution in [0.25, 0.3) is 0 Å². The normalized spacial score (nSPS) is 18.2. The maximum absolute atomic E-state index is 9.42. The molecule has 1 aromatic carbocycles. The minimum absolute atomic E-state index is 0.214. The summed E-state index contributed by atoms with van der Waals surface area (Å²) in [6.45, 7) is 0.271. The Morgan fingerprint density at radius 2 is 2.00 bits per heavy atom. The van der Waals surface area contributed by atoms with Crippen molar-refractivity contribution in [2.75, 3.05) is 12.5 Å². The highest BCUT2D eigenvalue weighted by Crippen LogP contribution is 2.38. The summed E-state index contributed by atoms with van der Waals surface area (Å²) in [6, 6.07) is 8.15. The Kier molecular flexibility index (Phi) is 4.69. The quantitative estimate of drug-likeness (QED) is 0.817. The monoisotopic (exact) mass is 254 g/mol. The van der Waals surface area contributed by atoms with Gasteiger partial charge in [0.2, 0.25) is 0 Å². The van der Waals surface area contributed by atoms with Crippen molar-refractivity contribution < 1.29 is 9.84 Å². The highest BCUT2D eigenvalue weighted by molar-refractivity contribution is 6.18. The van der Waals surface area contributed by atoms with Gasteiger partial charge in [-0.3, -0.25) is 0 Å². The molecule has 1 fully saturated rings. The van der Waals surface area contributed by atoms with Crippen molar-refractivity contribution in [1.29, 1.82) is 0 Å². The number of halogens is 1. The van der Waals surface area contributed by atoms with E-state index in [4.69, 9.17) is 16.3 Å². The van der Waals surface area contributed by atoms with Crippen LogP contribution < -0.4 is 4.74 Å². The van der Waals surface area contributed by atoms with Gasteiger partial charge in [0.1, 0.15) is 18.5 Å². The van der Waals surface area contributed by atoms with Gasteiger partial charge in [-0.05, 0) is 30.4 Å². The number of aliphatic hydroxyl groups is 1. The van der Waals surface area contributed by atoms with E-state index in [2.05, 4.69) is 12.1 Å². The van der Waals surface area contributed by atoms with E-state index in [9.17, 15) is 5.11 Å². The van der Waals surface area contributed by atoms with E-state index in [1.54, 1.807) is 0 Å². The summed E-state index contributed by atoms with van der Waals surface area (Å²) in [7, 11) is 0. The predicted molar refractivity (Wildman–Crippen MR) is 69.9 cm³/mol. The van der Waals surface area contributed by atoms with Crippen LogP contribution in [0.2, 0.25) is 0 Å². The summed E-state index contributed by atoms with van der Waals surface area (Å²) in [5, 5.41) is 9.42. The SMILES string of the molecule is OC(CCl)COc1ccccc1C1CCCC1. The molecule has 1 unspecified atom stereocenters. The van der Waals surface area contributed by atoms with Crippen molar-refractivity contribution in [1.82, 2.24) is 0 Å². The first-order valence-electron chi connectivity index (χ1n) is 6.27. The van der Waals surface area contributed by atoms with Gasteiger partial charge >= 0.3 is 0 Å². The van der Waals surface area contributed by atoms with Crippen molar-refractivity contribution in [2.45, 2.75) is 37.7 Å². The number of rotatable bonds is 5. The lowest BCUT2D eigenvalue weighted by Gasteiger charge is -2.17. The van der Waals surface area contributed by atoms with Gasteiger partial charge in [0.25, 0.3) is 0 Å². The van der Waals surface area contributed by atoms with Crippen LogP contribution in [0.1, 0.15) is 37.2 Å². The minimum atomic E-state index is -0.590. The molecule has 0 spiro atoms. The molecule has 1 aliphatic rings. The topological polar surface area (TPSA) is 29.5 Å². The zero-order chi connectivity index (χ0) is 12.1. The molecule has 1 aliphatic carbocycles. The number of aliphatic hydroxyl groups excluding tert-OH is 1. The van der Waals surface area contributed by atoms with Crippen molar-refractivity contribution >= 4 is 11.6 Å². The first kappa shape index (κ1) is 12.7. The molecule has 0 amide bonds. The van der Waals surface area contributed by atoms with E-state index in [0.717, 1.165) is 5.75 Å². The molecular weight excluding hydrogens is 236 g/mol. The molecule has 0 bridgehead atoms. The summed E-state index contributed by atoms with van der Waals surface area (Å²) in [6.07, 6.45) is 4.53. The largest absolute Gasteiger partial charge is 0.491 e. The van der Waals surface area contributed by atoms with E-state index in [1.807, 2.05) is 12.1 Å². The Balaban J connectivity index is 2.04. The molecule has 94 valence electrons. The average molecular weight is 255 g/mol. The molecule has 2 nitrogen and oxygen atoms in total. The molecule has 1 saturated carbocycles. The lowest BCUT2D eigenvalue weighted by Crippen LogP contribution is -2.19. The lowest BCUT2D eigenvalue weighted by atomic mass is 9.97. The first-order valence-corrected chi connectivity index (χ1v) is 6.80. The van der Waals surface area contributed by atoms with Crippen molar-refractivity contribution in [2.24, 2.45) is 0 Å². The maximum atomic E-state index is 9.42. The fourth-order valence-corrected chi connectivity index (χ4v) is 2.51. The van der Waals surface area contributed by atoms with Gasteiger partial charge in [0.05, 0.1) is 5.88 Å². The minimum Gasteiger partial charge on any atom is -0.491 e. The van der Waals surface area contributed by atoms with E-state index in [1.165, 1.54) is 31.2 Å². The lowest BCUT2D eigenvalue weighted by molar-refractivity contribution is 0.124. The second-order valence-electron chi connectivity index (χ2n) is 4.64. The third kappa shape index (κ3) is 3.36. The standard InChI is InChI=1S/C14H19ClO2/c15-9-12(16)10-17-14-8-4-3-7-13(14)11-5-1-2-6-11/h3-4,7-8,11-12,16H,1-2,5-6,9-10H2. The fourth-order valence-electron chi connectivity index (χ4n) is 2.42. The smallest absolute Gasteiger partial charge is 0.122 e. The van der Waals surface area contributed by atoms with Crippen LogP contribution in [-0.2, 0) is 0 Å². The third-order valence-electron chi connectivity index (χ3n) is 3.32. The molecule has 0 saturated heterocycles. The highest BCUT2D eigenvalue weighted by Gasteiger charge is 2.20. The number of hydrogen-bond acceptors (Lipinski definition) is 2. The molecule has 0 aromatic heterocycles. The van der Waals surface area contributed by atoms with E-state index in [0.29, 0.717) is 5.92 Å². The van der Waals surface area contributed by atoms with Crippen LogP contribution in [0.5, 0.6) is 5.75 Å². The molecule has 0 heterocycles. The Hall–Kier alpha value is -0.730. The molecule has 17 heavy (non-hydrogen) atoms. The van der Waals surface area contributed by atoms with E-state index >= 15 is 0 Å². The maximum Gasteiger partial charge on any atom is 0.122 e. The van der Waals surface area contributed by atoms with E-state index in [-0.39, 0.29) is 12.5 Å². The molecule has 1 atom stereocenters. The highest BCUT2D eigenvalue weighted by atomic mass is 35.5. The summed E-state index contributed by atoms with van der Waals surface area (Å²) in [5.41, 5.74) is 1.28. The number of para-hydroxylation sites is 1. The van der Waals surface area contributed by atoms with Gasteiger partial charge in [-0.25, -0.2) is 0 Å². The van der Waals surface area contributed by atoms with Crippen molar-refractivity contribution in [3.05, 3.63) is 29.8 Å². The van der Waals surface area contributed by atoms with Crippen LogP contribution >= 0.6 is 11.6 Å². The van der Waals surface area contributed by atoms with Crippen molar-refractivity contribution in [3.63, 3.8) is 0 Å². The molecule has 0 radical (unpaired) electrons. The summed E-state index contributed by atoms with van der Waals surface area (Å²) in [4.78, 5) is 0. The molecule has 1 N–H and O–H groups in total. The zero-order valence-electron chi connectivity index (χ0n) is 9.94. The number of benzene rings is 1. The molecule has 0 aliphatic heterocycles. The number of hydrogen-bond donors (Lipinski definition) is 1.